The number of ketones is 1. The van der Waals surface area contributed by atoms with E-state index in [-0.39, 0.29) is 11.7 Å². The summed E-state index contributed by atoms with van der Waals surface area (Å²) in [6.45, 7) is 5.43. The number of rotatable bonds is 9. The van der Waals surface area contributed by atoms with Crippen molar-refractivity contribution in [2.24, 2.45) is 17.6 Å². The largest absolute Gasteiger partial charge is 0.364 e. The van der Waals surface area contributed by atoms with E-state index in [0.29, 0.717) is 41.6 Å². The number of carbonyl (C=O) groups excluding carboxylic acids is 2. The summed E-state index contributed by atoms with van der Waals surface area (Å²) in [5.41, 5.74) is 8.05. The van der Waals surface area contributed by atoms with Crippen molar-refractivity contribution in [2.75, 3.05) is 29.9 Å². The molecular weight excluding hydrogens is 500 g/mol. The number of primary amides is 1. The van der Waals surface area contributed by atoms with Crippen molar-refractivity contribution in [1.29, 1.82) is 0 Å². The smallest absolute Gasteiger partial charge is 0.271 e. The minimum Gasteiger partial charge on any atom is -0.364 e. The van der Waals surface area contributed by atoms with Gasteiger partial charge >= 0.3 is 0 Å². The molecule has 4 aliphatic rings. The van der Waals surface area contributed by atoms with Gasteiger partial charge in [0.1, 0.15) is 11.6 Å². The third kappa shape index (κ3) is 6.02. The minimum atomic E-state index is -0.605. The number of piperidine rings is 2. The quantitative estimate of drug-likeness (QED) is 0.435. The minimum absolute atomic E-state index is 0.136. The first-order chi connectivity index (χ1) is 19.5. The van der Waals surface area contributed by atoms with Gasteiger partial charge in [0.05, 0.1) is 6.20 Å². The van der Waals surface area contributed by atoms with Crippen LogP contribution >= 0.6 is 0 Å². The number of hydrogen-bond donors (Lipinski definition) is 2. The molecule has 6 rings (SSSR count). The van der Waals surface area contributed by atoms with Crippen molar-refractivity contribution in [3.8, 4) is 0 Å². The van der Waals surface area contributed by atoms with E-state index in [9.17, 15) is 9.59 Å². The van der Waals surface area contributed by atoms with Gasteiger partial charge in [-0.25, -0.2) is 9.97 Å². The fourth-order valence-corrected chi connectivity index (χ4v) is 7.28. The van der Waals surface area contributed by atoms with Crippen LogP contribution in [0.1, 0.15) is 99.5 Å². The van der Waals surface area contributed by atoms with Gasteiger partial charge in [-0.15, -0.1) is 0 Å². The maximum Gasteiger partial charge on any atom is 0.271 e. The van der Waals surface area contributed by atoms with Crippen LogP contribution in [0.15, 0.2) is 30.5 Å². The standard InChI is InChI=1S/C32H44N6O2/c1-21-25(19-28(39)24-8-9-24)5-4-16-38(21)29-20-34-30(31(33)40)32(36-29)35-26-12-10-22(11-13-26)23-14-17-37(18-15-23)27-6-2-3-7-27/h10-13,20-21,23-25,27H,2-9,14-19H2,1H3,(H2,33,40)(H,35,36)/t21?,25-/m0/s1. The zero-order chi connectivity index (χ0) is 27.6. The van der Waals surface area contributed by atoms with Crippen LogP contribution in [-0.4, -0.2) is 58.3 Å². The van der Waals surface area contributed by atoms with Crippen LogP contribution in [0.5, 0.6) is 0 Å². The highest BCUT2D eigenvalue weighted by Crippen LogP contribution is 2.37. The van der Waals surface area contributed by atoms with Crippen LogP contribution in [0.3, 0.4) is 0 Å². The number of nitrogens with zero attached hydrogens (tertiary/aromatic N) is 4. The first-order valence-corrected chi connectivity index (χ1v) is 15.5. The van der Waals surface area contributed by atoms with E-state index in [1.54, 1.807) is 6.20 Å². The third-order valence-corrected chi connectivity index (χ3v) is 9.95. The van der Waals surface area contributed by atoms with Crippen molar-refractivity contribution in [3.63, 3.8) is 0 Å². The highest BCUT2D eigenvalue weighted by molar-refractivity contribution is 5.96. The van der Waals surface area contributed by atoms with E-state index < -0.39 is 5.91 Å². The molecule has 2 aromatic rings. The van der Waals surface area contributed by atoms with Crippen molar-refractivity contribution < 1.29 is 9.59 Å². The molecular formula is C32H44N6O2. The van der Waals surface area contributed by atoms with E-state index in [4.69, 9.17) is 10.7 Å². The molecule has 2 aliphatic heterocycles. The summed E-state index contributed by atoms with van der Waals surface area (Å²) in [6, 6.07) is 9.54. The van der Waals surface area contributed by atoms with E-state index in [1.165, 1.54) is 57.2 Å². The lowest BCUT2D eigenvalue weighted by molar-refractivity contribution is -0.121. The lowest BCUT2D eigenvalue weighted by atomic mass is 9.85. The van der Waals surface area contributed by atoms with E-state index in [0.717, 1.165) is 44.0 Å². The van der Waals surface area contributed by atoms with Gasteiger partial charge in [-0.1, -0.05) is 25.0 Å². The molecule has 8 heteroatoms. The highest BCUT2D eigenvalue weighted by Gasteiger charge is 2.36. The summed E-state index contributed by atoms with van der Waals surface area (Å²) >= 11 is 0. The second kappa shape index (κ2) is 11.9. The highest BCUT2D eigenvalue weighted by atomic mass is 16.1. The number of Topliss-reactive ketones (excluding diaryl/α,β-unsaturated/α-hetero) is 1. The molecule has 2 atom stereocenters. The van der Waals surface area contributed by atoms with Crippen LogP contribution < -0.4 is 16.0 Å². The normalized spacial score (nSPS) is 24.8. The first-order valence-electron chi connectivity index (χ1n) is 15.5. The summed E-state index contributed by atoms with van der Waals surface area (Å²) < 4.78 is 0. The zero-order valence-electron chi connectivity index (χ0n) is 23.9. The topological polar surface area (TPSA) is 104 Å². The molecule has 40 heavy (non-hydrogen) atoms. The molecule has 214 valence electrons. The Morgan fingerprint density at radius 3 is 2.35 bits per heavy atom. The summed E-state index contributed by atoms with van der Waals surface area (Å²) in [7, 11) is 0. The molecule has 8 nitrogen and oxygen atoms in total. The predicted octanol–water partition coefficient (Wildman–Crippen LogP) is 5.42. The fraction of sp³-hybridized carbons (Fsp3) is 0.625. The van der Waals surface area contributed by atoms with Crippen LogP contribution in [-0.2, 0) is 4.79 Å². The Kier molecular flexibility index (Phi) is 8.05. The first kappa shape index (κ1) is 27.2. The van der Waals surface area contributed by atoms with E-state index in [1.807, 2.05) is 0 Å². The Morgan fingerprint density at radius 1 is 0.950 bits per heavy atom. The second-order valence-corrected chi connectivity index (χ2v) is 12.6. The average Bonchev–Trinajstić information content (AvgIpc) is 3.68. The Hall–Kier alpha value is -3.00. The number of aromatic nitrogens is 2. The predicted molar refractivity (Wildman–Crippen MR) is 158 cm³/mol. The Bertz CT molecular complexity index is 1200. The van der Waals surface area contributed by atoms with Gasteiger partial charge in [0.15, 0.2) is 11.5 Å². The van der Waals surface area contributed by atoms with Gasteiger partial charge < -0.3 is 20.9 Å². The number of hydrogen-bond acceptors (Lipinski definition) is 7. The van der Waals surface area contributed by atoms with Crippen molar-refractivity contribution in [1.82, 2.24) is 14.9 Å². The number of nitrogens with one attached hydrogen (secondary N) is 1. The van der Waals surface area contributed by atoms with E-state index >= 15 is 0 Å². The van der Waals surface area contributed by atoms with Crippen LogP contribution in [0, 0.1) is 11.8 Å². The molecule has 2 saturated carbocycles. The average molecular weight is 545 g/mol. The molecule has 1 amide bonds. The van der Waals surface area contributed by atoms with Crippen LogP contribution in [0.2, 0.25) is 0 Å². The van der Waals surface area contributed by atoms with Gasteiger partial charge in [-0.3, -0.25) is 9.59 Å². The monoisotopic (exact) mass is 544 g/mol. The molecule has 1 aromatic carbocycles. The summed E-state index contributed by atoms with van der Waals surface area (Å²) in [4.78, 5) is 39.0. The molecule has 1 aromatic heterocycles. The third-order valence-electron chi connectivity index (χ3n) is 9.95. The number of benzene rings is 1. The molecule has 3 heterocycles. The van der Waals surface area contributed by atoms with Gasteiger partial charge in [-0.2, -0.15) is 0 Å². The molecule has 2 saturated heterocycles. The van der Waals surface area contributed by atoms with Crippen molar-refractivity contribution in [2.45, 2.75) is 95.6 Å². The Morgan fingerprint density at radius 2 is 1.68 bits per heavy atom. The molecule has 4 fully saturated rings. The SMILES string of the molecule is CC1[C@H](CC(=O)C2CC2)CCCN1c1cnc(C(N)=O)c(Nc2ccc(C3CCN(C4CCCC4)CC3)cc2)n1. The molecule has 2 aliphatic carbocycles. The molecule has 0 bridgehead atoms. The second-order valence-electron chi connectivity index (χ2n) is 12.6. The lowest BCUT2D eigenvalue weighted by Crippen LogP contribution is -2.45. The van der Waals surface area contributed by atoms with Gasteiger partial charge in [-0.05, 0) is 101 Å². The fourth-order valence-electron chi connectivity index (χ4n) is 7.28. The molecule has 1 unspecified atom stereocenters. The number of amides is 1. The van der Waals surface area contributed by atoms with Crippen molar-refractivity contribution in [3.05, 3.63) is 41.7 Å². The Labute approximate surface area is 238 Å². The van der Waals surface area contributed by atoms with Crippen LogP contribution in [0.4, 0.5) is 17.3 Å². The maximum atomic E-state index is 12.5. The molecule has 0 radical (unpaired) electrons. The van der Waals surface area contributed by atoms with Crippen molar-refractivity contribution >= 4 is 29.0 Å². The number of nitrogens with two attached hydrogens (primary N) is 1. The number of anilines is 3. The van der Waals surface area contributed by atoms with Gasteiger partial charge in [0, 0.05) is 36.7 Å². The van der Waals surface area contributed by atoms with Gasteiger partial charge in [0.2, 0.25) is 0 Å². The molecule has 0 spiro atoms. The molecule has 3 N–H and O–H groups in total. The lowest BCUT2D eigenvalue weighted by Gasteiger charge is -2.40. The maximum absolute atomic E-state index is 12.5. The summed E-state index contributed by atoms with van der Waals surface area (Å²) in [6.07, 6.45) is 14.4. The van der Waals surface area contributed by atoms with E-state index in [2.05, 4.69) is 51.3 Å². The van der Waals surface area contributed by atoms with Crippen LogP contribution in [0.25, 0.3) is 0 Å². The van der Waals surface area contributed by atoms with Gasteiger partial charge in [0.25, 0.3) is 5.91 Å². The number of carbonyl (C=O) groups is 2. The number of likely N-dealkylation sites (tertiary alicyclic amines) is 1. The zero-order valence-corrected chi connectivity index (χ0v) is 23.9. The Balaban J connectivity index is 1.13. The summed E-state index contributed by atoms with van der Waals surface area (Å²) in [5, 5.41) is 3.33. The summed E-state index contributed by atoms with van der Waals surface area (Å²) in [5.74, 6) is 2.11.